The molecule has 2 saturated carbocycles. The maximum Gasteiger partial charge on any atom is 0.273 e. The molecule has 1 heterocycles. The van der Waals surface area contributed by atoms with Gasteiger partial charge in [0.2, 0.25) is 0 Å². The third kappa shape index (κ3) is 1.99. The Bertz CT molecular complexity index is 450. The standard InChI is InChI=1S/C13H16N2O2/c16-10-2-1-7-14-11(10)12(17)15-8-13(5-6-13)9-3-4-9/h1-2,7,9,16H,3-6,8H2,(H,15,17). The summed E-state index contributed by atoms with van der Waals surface area (Å²) < 4.78 is 0. The van der Waals surface area contributed by atoms with Crippen molar-refractivity contribution in [1.29, 1.82) is 0 Å². The highest BCUT2D eigenvalue weighted by Gasteiger charge is 2.53. The molecule has 3 rings (SSSR count). The summed E-state index contributed by atoms with van der Waals surface area (Å²) in [5, 5.41) is 12.4. The lowest BCUT2D eigenvalue weighted by atomic mass is 10.0. The monoisotopic (exact) mass is 232 g/mol. The number of hydrogen-bond acceptors (Lipinski definition) is 3. The molecule has 0 atom stereocenters. The highest BCUT2D eigenvalue weighted by molar-refractivity contribution is 5.94. The second-order valence-electron chi connectivity index (χ2n) is 5.19. The highest BCUT2D eigenvalue weighted by Crippen LogP contribution is 2.60. The molecular formula is C13H16N2O2. The summed E-state index contributed by atoms with van der Waals surface area (Å²) in [4.78, 5) is 15.7. The molecule has 1 aromatic heterocycles. The number of carbonyl (C=O) groups excluding carboxylic acids is 1. The first kappa shape index (κ1) is 10.6. The zero-order chi connectivity index (χ0) is 11.9. The summed E-state index contributed by atoms with van der Waals surface area (Å²) in [5.74, 6) is 0.497. The second-order valence-corrected chi connectivity index (χ2v) is 5.19. The van der Waals surface area contributed by atoms with Gasteiger partial charge in [0.05, 0.1) is 0 Å². The first-order valence-corrected chi connectivity index (χ1v) is 6.13. The molecule has 0 unspecified atom stereocenters. The van der Waals surface area contributed by atoms with Gasteiger partial charge in [0.15, 0.2) is 5.69 Å². The van der Waals surface area contributed by atoms with Gasteiger partial charge in [-0.25, -0.2) is 4.98 Å². The number of aromatic nitrogens is 1. The molecule has 2 N–H and O–H groups in total. The minimum atomic E-state index is -0.268. The van der Waals surface area contributed by atoms with E-state index < -0.39 is 0 Å². The summed E-state index contributed by atoms with van der Waals surface area (Å²) in [6.07, 6.45) is 6.59. The molecule has 0 aromatic carbocycles. The first-order chi connectivity index (χ1) is 8.21. The fourth-order valence-electron chi connectivity index (χ4n) is 2.50. The Labute approximate surface area is 100 Å². The van der Waals surface area contributed by atoms with E-state index in [1.807, 2.05) is 0 Å². The Morgan fingerprint density at radius 1 is 1.53 bits per heavy atom. The lowest BCUT2D eigenvalue weighted by Gasteiger charge is -2.14. The van der Waals surface area contributed by atoms with Crippen LogP contribution >= 0.6 is 0 Å². The lowest BCUT2D eigenvalue weighted by molar-refractivity contribution is 0.0934. The molecule has 0 bridgehead atoms. The summed E-state index contributed by atoms with van der Waals surface area (Å²) in [5.41, 5.74) is 0.499. The average molecular weight is 232 g/mol. The summed E-state index contributed by atoms with van der Waals surface area (Å²) in [7, 11) is 0. The van der Waals surface area contributed by atoms with E-state index in [0.717, 1.165) is 12.5 Å². The normalized spacial score (nSPS) is 20.9. The third-order valence-electron chi connectivity index (χ3n) is 3.94. The molecule has 0 aliphatic heterocycles. The molecule has 17 heavy (non-hydrogen) atoms. The van der Waals surface area contributed by atoms with Crippen molar-refractivity contribution in [2.45, 2.75) is 25.7 Å². The molecule has 0 radical (unpaired) electrons. The number of nitrogens with one attached hydrogen (secondary N) is 1. The van der Waals surface area contributed by atoms with Crippen molar-refractivity contribution < 1.29 is 9.90 Å². The zero-order valence-electron chi connectivity index (χ0n) is 9.65. The van der Waals surface area contributed by atoms with Crippen LogP contribution in [0, 0.1) is 11.3 Å². The van der Waals surface area contributed by atoms with Crippen molar-refractivity contribution in [2.75, 3.05) is 6.54 Å². The van der Waals surface area contributed by atoms with Gasteiger partial charge in [0, 0.05) is 12.7 Å². The smallest absolute Gasteiger partial charge is 0.273 e. The van der Waals surface area contributed by atoms with Crippen molar-refractivity contribution >= 4 is 5.91 Å². The quantitative estimate of drug-likeness (QED) is 0.830. The predicted octanol–water partition coefficient (Wildman–Crippen LogP) is 1.71. The van der Waals surface area contributed by atoms with Gasteiger partial charge < -0.3 is 10.4 Å². The number of amides is 1. The molecule has 2 aliphatic carbocycles. The lowest BCUT2D eigenvalue weighted by Crippen LogP contribution is -2.31. The van der Waals surface area contributed by atoms with Crippen LogP contribution < -0.4 is 5.32 Å². The fourth-order valence-corrected chi connectivity index (χ4v) is 2.50. The van der Waals surface area contributed by atoms with Gasteiger partial charge in [-0.3, -0.25) is 4.79 Å². The first-order valence-electron chi connectivity index (χ1n) is 6.13. The molecule has 4 nitrogen and oxygen atoms in total. The topological polar surface area (TPSA) is 62.2 Å². The maximum absolute atomic E-state index is 11.8. The van der Waals surface area contributed by atoms with E-state index in [4.69, 9.17) is 0 Å². The predicted molar refractivity (Wildman–Crippen MR) is 62.6 cm³/mol. The van der Waals surface area contributed by atoms with Gasteiger partial charge in [-0.2, -0.15) is 0 Å². The molecule has 0 saturated heterocycles. The van der Waals surface area contributed by atoms with Gasteiger partial charge in [-0.1, -0.05) is 0 Å². The Morgan fingerprint density at radius 3 is 2.88 bits per heavy atom. The minimum absolute atomic E-state index is 0.0544. The number of rotatable bonds is 4. The van der Waals surface area contributed by atoms with Crippen LogP contribution in [0.3, 0.4) is 0 Å². The summed E-state index contributed by atoms with van der Waals surface area (Å²) >= 11 is 0. The van der Waals surface area contributed by atoms with Crippen LogP contribution in [0.1, 0.15) is 36.2 Å². The average Bonchev–Trinajstić information content (AvgIpc) is 3.17. The SMILES string of the molecule is O=C(NCC1(C2CC2)CC1)c1ncccc1O. The van der Waals surface area contributed by atoms with Crippen LogP contribution in [0.4, 0.5) is 0 Å². The van der Waals surface area contributed by atoms with Gasteiger partial charge in [-0.05, 0) is 49.1 Å². The maximum atomic E-state index is 11.8. The molecule has 1 amide bonds. The van der Waals surface area contributed by atoms with Crippen LogP contribution in [0.2, 0.25) is 0 Å². The number of carbonyl (C=O) groups is 1. The third-order valence-corrected chi connectivity index (χ3v) is 3.94. The second kappa shape index (κ2) is 3.72. The van der Waals surface area contributed by atoms with Crippen LogP contribution in [0.25, 0.3) is 0 Å². The van der Waals surface area contributed by atoms with Gasteiger partial charge in [-0.15, -0.1) is 0 Å². The number of aromatic hydroxyl groups is 1. The van der Waals surface area contributed by atoms with E-state index in [9.17, 15) is 9.90 Å². The van der Waals surface area contributed by atoms with Crippen LogP contribution in [-0.2, 0) is 0 Å². The molecule has 4 heteroatoms. The fraction of sp³-hybridized carbons (Fsp3) is 0.538. The van der Waals surface area contributed by atoms with Gasteiger partial charge in [0.25, 0.3) is 5.91 Å². The molecule has 1 aromatic rings. The van der Waals surface area contributed by atoms with Crippen LogP contribution in [0.15, 0.2) is 18.3 Å². The van der Waals surface area contributed by atoms with Crippen molar-refractivity contribution in [3.8, 4) is 5.75 Å². The van der Waals surface area contributed by atoms with Crippen LogP contribution in [0.5, 0.6) is 5.75 Å². The summed E-state index contributed by atoms with van der Waals surface area (Å²) in [6.45, 7) is 0.729. The van der Waals surface area contributed by atoms with Crippen molar-refractivity contribution in [3.05, 3.63) is 24.0 Å². The molecular weight excluding hydrogens is 216 g/mol. The van der Waals surface area contributed by atoms with E-state index in [0.29, 0.717) is 5.41 Å². The van der Waals surface area contributed by atoms with Crippen molar-refractivity contribution in [2.24, 2.45) is 11.3 Å². The number of nitrogens with zero attached hydrogens (tertiary/aromatic N) is 1. The van der Waals surface area contributed by atoms with E-state index in [2.05, 4.69) is 10.3 Å². The van der Waals surface area contributed by atoms with E-state index >= 15 is 0 Å². The largest absolute Gasteiger partial charge is 0.505 e. The van der Waals surface area contributed by atoms with E-state index in [1.54, 1.807) is 6.07 Å². The molecule has 90 valence electrons. The minimum Gasteiger partial charge on any atom is -0.505 e. The van der Waals surface area contributed by atoms with Gasteiger partial charge in [0.1, 0.15) is 5.75 Å². The van der Waals surface area contributed by atoms with Crippen molar-refractivity contribution in [3.63, 3.8) is 0 Å². The number of pyridine rings is 1. The highest BCUT2D eigenvalue weighted by atomic mass is 16.3. The number of hydrogen-bond donors (Lipinski definition) is 2. The van der Waals surface area contributed by atoms with Crippen molar-refractivity contribution in [1.82, 2.24) is 10.3 Å². The van der Waals surface area contributed by atoms with E-state index in [1.165, 1.54) is 37.9 Å². The summed E-state index contributed by atoms with van der Waals surface area (Å²) in [6, 6.07) is 3.09. The Hall–Kier alpha value is -1.58. The van der Waals surface area contributed by atoms with E-state index in [-0.39, 0.29) is 17.4 Å². The Kier molecular flexibility index (Phi) is 2.31. The van der Waals surface area contributed by atoms with Gasteiger partial charge >= 0.3 is 0 Å². The molecule has 2 fully saturated rings. The molecule has 0 spiro atoms. The zero-order valence-corrected chi connectivity index (χ0v) is 9.65. The Morgan fingerprint density at radius 2 is 2.29 bits per heavy atom. The molecule has 2 aliphatic rings. The van der Waals surface area contributed by atoms with Crippen LogP contribution in [-0.4, -0.2) is 22.5 Å². The Balaban J connectivity index is 1.62.